The Kier molecular flexibility index (Phi) is 3.16. The van der Waals surface area contributed by atoms with Crippen molar-refractivity contribution >= 4 is 6.09 Å². The Morgan fingerprint density at radius 3 is 2.79 bits per heavy atom. The fraction of sp³-hybridized carbons (Fsp3) is 0.500. The first-order valence-corrected chi connectivity index (χ1v) is 6.48. The summed E-state index contributed by atoms with van der Waals surface area (Å²) >= 11 is 0. The van der Waals surface area contributed by atoms with Gasteiger partial charge >= 0.3 is 6.09 Å². The van der Waals surface area contributed by atoms with E-state index in [2.05, 4.69) is 17.4 Å². The highest BCUT2D eigenvalue weighted by molar-refractivity contribution is 5.65. The van der Waals surface area contributed by atoms with Gasteiger partial charge in [0.15, 0.2) is 6.29 Å². The second-order valence-electron chi connectivity index (χ2n) is 5.15. The van der Waals surface area contributed by atoms with Gasteiger partial charge in [-0.25, -0.2) is 4.79 Å². The topological polar surface area (TPSA) is 67.8 Å². The summed E-state index contributed by atoms with van der Waals surface area (Å²) in [5.74, 6) is 0. The highest BCUT2D eigenvalue weighted by Crippen LogP contribution is 2.44. The van der Waals surface area contributed by atoms with Crippen LogP contribution in [-0.2, 0) is 21.3 Å². The van der Waals surface area contributed by atoms with Crippen LogP contribution in [0.4, 0.5) is 4.79 Å². The lowest BCUT2D eigenvalue weighted by atomic mass is 9.62. The van der Waals surface area contributed by atoms with Gasteiger partial charge in [-0.05, 0) is 17.5 Å². The number of hydrogen-bond donors (Lipinski definition) is 2. The third-order valence-corrected chi connectivity index (χ3v) is 3.94. The van der Waals surface area contributed by atoms with Gasteiger partial charge in [-0.15, -0.1) is 0 Å². The van der Waals surface area contributed by atoms with E-state index in [1.807, 2.05) is 12.1 Å². The number of rotatable bonds is 4. The van der Waals surface area contributed by atoms with E-state index in [0.717, 1.165) is 6.42 Å². The summed E-state index contributed by atoms with van der Waals surface area (Å²) in [7, 11) is 0. The molecule has 0 aromatic heterocycles. The molecule has 1 aliphatic carbocycles. The van der Waals surface area contributed by atoms with Crippen LogP contribution in [0.3, 0.4) is 0 Å². The SMILES string of the molecule is O=C(O)NCC1(CC2OCCO2)Cc2ccccc21. The number of hydrogen-bond acceptors (Lipinski definition) is 3. The van der Waals surface area contributed by atoms with Crippen LogP contribution in [0.2, 0.25) is 0 Å². The van der Waals surface area contributed by atoms with Crippen molar-refractivity contribution in [1.29, 1.82) is 0 Å². The summed E-state index contributed by atoms with van der Waals surface area (Å²) in [5.41, 5.74) is 2.31. The van der Waals surface area contributed by atoms with Gasteiger partial charge in [0.05, 0.1) is 13.2 Å². The van der Waals surface area contributed by atoms with E-state index in [1.54, 1.807) is 0 Å². The fourth-order valence-electron chi connectivity index (χ4n) is 3.05. The van der Waals surface area contributed by atoms with E-state index in [9.17, 15) is 4.79 Å². The van der Waals surface area contributed by atoms with Crippen LogP contribution < -0.4 is 5.32 Å². The Morgan fingerprint density at radius 2 is 2.11 bits per heavy atom. The zero-order chi connectivity index (χ0) is 13.3. The monoisotopic (exact) mass is 263 g/mol. The van der Waals surface area contributed by atoms with E-state index >= 15 is 0 Å². The van der Waals surface area contributed by atoms with Crippen molar-refractivity contribution in [1.82, 2.24) is 5.32 Å². The molecule has 0 bridgehead atoms. The van der Waals surface area contributed by atoms with Crippen LogP contribution in [0.15, 0.2) is 24.3 Å². The van der Waals surface area contributed by atoms with Gasteiger partial charge in [-0.3, -0.25) is 0 Å². The fourth-order valence-corrected chi connectivity index (χ4v) is 3.05. The van der Waals surface area contributed by atoms with Crippen molar-refractivity contribution in [2.75, 3.05) is 19.8 Å². The Balaban J connectivity index is 1.79. The third kappa shape index (κ3) is 2.31. The molecule has 0 saturated carbocycles. The summed E-state index contributed by atoms with van der Waals surface area (Å²) < 4.78 is 11.0. The predicted molar refractivity (Wildman–Crippen MR) is 68.2 cm³/mol. The molecule has 1 heterocycles. The summed E-state index contributed by atoms with van der Waals surface area (Å²) in [6.07, 6.45) is 0.359. The highest BCUT2D eigenvalue weighted by Gasteiger charge is 2.45. The maximum absolute atomic E-state index is 10.8. The molecular formula is C14H17NO4. The highest BCUT2D eigenvalue weighted by atomic mass is 16.7. The molecule has 1 aliphatic heterocycles. The summed E-state index contributed by atoms with van der Waals surface area (Å²) in [5, 5.41) is 11.3. The van der Waals surface area contributed by atoms with Crippen LogP contribution in [0, 0.1) is 0 Å². The van der Waals surface area contributed by atoms with Crippen molar-refractivity contribution < 1.29 is 19.4 Å². The lowest BCUT2D eigenvalue weighted by Gasteiger charge is -2.45. The first-order chi connectivity index (χ1) is 9.20. The number of ether oxygens (including phenoxy) is 2. The summed E-state index contributed by atoms with van der Waals surface area (Å²) in [6.45, 7) is 1.64. The number of carboxylic acid groups (broad SMARTS) is 1. The van der Waals surface area contributed by atoms with Crippen molar-refractivity contribution in [2.24, 2.45) is 0 Å². The van der Waals surface area contributed by atoms with Crippen molar-refractivity contribution in [3.05, 3.63) is 35.4 Å². The Morgan fingerprint density at radius 1 is 1.37 bits per heavy atom. The molecule has 1 unspecified atom stereocenters. The van der Waals surface area contributed by atoms with Gasteiger partial charge in [0.25, 0.3) is 0 Å². The molecule has 3 rings (SSSR count). The van der Waals surface area contributed by atoms with Crippen LogP contribution in [-0.4, -0.2) is 37.2 Å². The number of nitrogens with one attached hydrogen (secondary N) is 1. The average molecular weight is 263 g/mol. The molecule has 1 aromatic carbocycles. The zero-order valence-electron chi connectivity index (χ0n) is 10.6. The number of benzene rings is 1. The molecule has 1 atom stereocenters. The largest absolute Gasteiger partial charge is 0.465 e. The molecular weight excluding hydrogens is 246 g/mol. The van der Waals surface area contributed by atoms with E-state index in [1.165, 1.54) is 11.1 Å². The minimum absolute atomic E-state index is 0.190. The zero-order valence-corrected chi connectivity index (χ0v) is 10.6. The second-order valence-corrected chi connectivity index (χ2v) is 5.15. The average Bonchev–Trinajstić information content (AvgIpc) is 2.87. The molecule has 2 N–H and O–H groups in total. The molecule has 1 saturated heterocycles. The molecule has 0 radical (unpaired) electrons. The van der Waals surface area contributed by atoms with E-state index in [-0.39, 0.29) is 11.7 Å². The molecule has 0 spiro atoms. The maximum atomic E-state index is 10.8. The normalized spacial score (nSPS) is 25.7. The lowest BCUT2D eigenvalue weighted by Crippen LogP contribution is -2.50. The van der Waals surface area contributed by atoms with Crippen molar-refractivity contribution in [3.63, 3.8) is 0 Å². The van der Waals surface area contributed by atoms with Gasteiger partial charge in [-0.1, -0.05) is 24.3 Å². The third-order valence-electron chi connectivity index (χ3n) is 3.94. The van der Waals surface area contributed by atoms with Gasteiger partial charge in [-0.2, -0.15) is 0 Å². The van der Waals surface area contributed by atoms with Crippen LogP contribution in [0.5, 0.6) is 0 Å². The van der Waals surface area contributed by atoms with Crippen LogP contribution in [0.1, 0.15) is 17.5 Å². The minimum atomic E-state index is -0.989. The Bertz CT molecular complexity index is 484. The first-order valence-electron chi connectivity index (χ1n) is 6.48. The summed E-state index contributed by atoms with van der Waals surface area (Å²) in [4.78, 5) is 10.8. The van der Waals surface area contributed by atoms with Crippen molar-refractivity contribution in [2.45, 2.75) is 24.5 Å². The maximum Gasteiger partial charge on any atom is 0.404 e. The van der Waals surface area contributed by atoms with Gasteiger partial charge in [0, 0.05) is 18.4 Å². The van der Waals surface area contributed by atoms with E-state index < -0.39 is 6.09 Å². The number of carbonyl (C=O) groups is 1. The van der Waals surface area contributed by atoms with E-state index in [4.69, 9.17) is 14.6 Å². The predicted octanol–water partition coefficient (Wildman–Crippen LogP) is 1.51. The molecule has 5 heteroatoms. The Hall–Kier alpha value is -1.59. The molecule has 102 valence electrons. The van der Waals surface area contributed by atoms with Gasteiger partial charge < -0.3 is 19.9 Å². The van der Waals surface area contributed by atoms with Crippen LogP contribution >= 0.6 is 0 Å². The summed E-state index contributed by atoms with van der Waals surface area (Å²) in [6, 6.07) is 8.15. The second kappa shape index (κ2) is 4.83. The first kappa shape index (κ1) is 12.4. The molecule has 1 fully saturated rings. The standard InChI is InChI=1S/C14H17NO4/c16-13(17)15-9-14(8-12-18-5-6-19-12)7-10-3-1-2-4-11(10)14/h1-4,12,15H,5-9H2,(H,16,17). The van der Waals surface area contributed by atoms with Gasteiger partial charge in [0.1, 0.15) is 0 Å². The minimum Gasteiger partial charge on any atom is -0.465 e. The van der Waals surface area contributed by atoms with Gasteiger partial charge in [0.2, 0.25) is 0 Å². The molecule has 1 aromatic rings. The molecule has 5 nitrogen and oxygen atoms in total. The molecule has 1 amide bonds. The lowest BCUT2D eigenvalue weighted by molar-refractivity contribution is -0.0640. The van der Waals surface area contributed by atoms with Crippen LogP contribution in [0.25, 0.3) is 0 Å². The molecule has 19 heavy (non-hydrogen) atoms. The van der Waals surface area contributed by atoms with Crippen molar-refractivity contribution in [3.8, 4) is 0 Å². The van der Waals surface area contributed by atoms with E-state index in [0.29, 0.717) is 26.2 Å². The molecule has 2 aliphatic rings. The number of amides is 1. The number of fused-ring (bicyclic) bond motifs is 1. The quantitative estimate of drug-likeness (QED) is 0.864. The Labute approximate surface area is 111 Å². The smallest absolute Gasteiger partial charge is 0.404 e.